The number of rotatable bonds is 0. The van der Waals surface area contributed by atoms with Crippen molar-refractivity contribution in [2.45, 2.75) is 0 Å². The predicted molar refractivity (Wildman–Crippen MR) is 35.1 cm³/mol. The largest absolute Gasteiger partial charge is 0.289 e. The van der Waals surface area contributed by atoms with Crippen LogP contribution in [-0.4, -0.2) is 11.3 Å². The summed E-state index contributed by atoms with van der Waals surface area (Å²) in [6.45, 7) is 0. The van der Waals surface area contributed by atoms with E-state index in [0.717, 1.165) is 0 Å². The summed E-state index contributed by atoms with van der Waals surface area (Å²) in [5, 5.41) is 1.79. The lowest BCUT2D eigenvalue weighted by Gasteiger charge is -1.68. The summed E-state index contributed by atoms with van der Waals surface area (Å²) < 4.78 is 0. The third kappa shape index (κ3) is 1.67. The summed E-state index contributed by atoms with van der Waals surface area (Å²) in [4.78, 5) is 13.5. The number of aldehydes is 1. The number of nitrogens with zero attached hydrogens (tertiary/aromatic N) is 1. The Hall–Kier alpha value is -1.14. The van der Waals surface area contributed by atoms with Gasteiger partial charge in [-0.1, -0.05) is 0 Å². The molecule has 0 aliphatic heterocycles. The first kappa shape index (κ1) is 5.99. The maximum Gasteiger partial charge on any atom is 0.193 e. The van der Waals surface area contributed by atoms with Crippen LogP contribution in [0.5, 0.6) is 0 Å². The lowest BCUT2D eigenvalue weighted by atomic mass is 10.5. The number of thiazole rings is 1. The quantitative estimate of drug-likeness (QED) is 0.389. The van der Waals surface area contributed by atoms with E-state index >= 15 is 0 Å². The van der Waals surface area contributed by atoms with Crippen molar-refractivity contribution in [1.82, 2.24) is 4.98 Å². The van der Waals surface area contributed by atoms with Gasteiger partial charge in [0.15, 0.2) is 6.29 Å². The normalized spacial score (nSPS) is 7.56. The SMILES string of the molecule is O=CC#Cc1cscn1. The van der Waals surface area contributed by atoms with Crippen LogP contribution in [0.1, 0.15) is 5.69 Å². The van der Waals surface area contributed by atoms with Gasteiger partial charge in [-0.25, -0.2) is 4.98 Å². The fraction of sp³-hybridized carbons (Fsp3) is 0. The van der Waals surface area contributed by atoms with E-state index < -0.39 is 0 Å². The van der Waals surface area contributed by atoms with Gasteiger partial charge in [-0.2, -0.15) is 0 Å². The molecule has 0 radical (unpaired) electrons. The molecule has 0 atom stereocenters. The highest BCUT2D eigenvalue weighted by molar-refractivity contribution is 7.07. The summed E-state index contributed by atoms with van der Waals surface area (Å²) in [5.74, 6) is 4.82. The molecule has 0 bridgehead atoms. The van der Waals surface area contributed by atoms with Crippen LogP contribution in [0.15, 0.2) is 10.9 Å². The van der Waals surface area contributed by atoms with Crippen molar-refractivity contribution in [2.75, 3.05) is 0 Å². The number of aromatic nitrogens is 1. The monoisotopic (exact) mass is 137 g/mol. The second kappa shape index (κ2) is 3.00. The summed E-state index contributed by atoms with van der Waals surface area (Å²) in [7, 11) is 0. The number of hydrogen-bond acceptors (Lipinski definition) is 3. The molecular weight excluding hydrogens is 134 g/mol. The van der Waals surface area contributed by atoms with Gasteiger partial charge in [0, 0.05) is 5.38 Å². The molecule has 1 rings (SSSR count). The molecule has 44 valence electrons. The minimum absolute atomic E-state index is 0.555. The molecule has 0 amide bonds. The molecule has 9 heavy (non-hydrogen) atoms. The molecule has 3 heteroatoms. The molecular formula is C6H3NOS. The van der Waals surface area contributed by atoms with Crippen molar-refractivity contribution < 1.29 is 4.79 Å². The van der Waals surface area contributed by atoms with Crippen LogP contribution < -0.4 is 0 Å². The van der Waals surface area contributed by atoms with Gasteiger partial charge in [0.25, 0.3) is 0 Å². The molecule has 0 N–H and O–H groups in total. The smallest absolute Gasteiger partial charge is 0.193 e. The van der Waals surface area contributed by atoms with Crippen LogP contribution in [0, 0.1) is 11.8 Å². The lowest BCUT2D eigenvalue weighted by molar-refractivity contribution is -0.103. The highest BCUT2D eigenvalue weighted by Crippen LogP contribution is 1.96. The van der Waals surface area contributed by atoms with Crippen molar-refractivity contribution in [1.29, 1.82) is 0 Å². The summed E-state index contributed by atoms with van der Waals surface area (Å²) in [5.41, 5.74) is 2.33. The van der Waals surface area contributed by atoms with Crippen molar-refractivity contribution >= 4 is 17.6 Å². The van der Waals surface area contributed by atoms with Gasteiger partial charge >= 0.3 is 0 Å². The van der Waals surface area contributed by atoms with Crippen LogP contribution >= 0.6 is 11.3 Å². The molecule has 1 heterocycles. The Morgan fingerprint density at radius 1 is 1.78 bits per heavy atom. The van der Waals surface area contributed by atoms with Gasteiger partial charge in [0.2, 0.25) is 0 Å². The number of hydrogen-bond donors (Lipinski definition) is 0. The van der Waals surface area contributed by atoms with Gasteiger partial charge in [-0.3, -0.25) is 4.79 Å². The molecule has 0 aliphatic carbocycles. The lowest BCUT2D eigenvalue weighted by Crippen LogP contribution is -1.69. The molecule has 0 spiro atoms. The Kier molecular flexibility index (Phi) is 2.00. The second-order valence-electron chi connectivity index (χ2n) is 1.26. The van der Waals surface area contributed by atoms with E-state index in [2.05, 4.69) is 16.8 Å². The zero-order chi connectivity index (χ0) is 6.53. The second-order valence-corrected chi connectivity index (χ2v) is 1.98. The van der Waals surface area contributed by atoms with Gasteiger partial charge in [0.05, 0.1) is 5.51 Å². The van der Waals surface area contributed by atoms with Crippen molar-refractivity contribution in [3.63, 3.8) is 0 Å². The van der Waals surface area contributed by atoms with E-state index in [1.165, 1.54) is 11.3 Å². The van der Waals surface area contributed by atoms with E-state index in [0.29, 0.717) is 12.0 Å². The van der Waals surface area contributed by atoms with E-state index in [9.17, 15) is 4.79 Å². The Morgan fingerprint density at radius 2 is 2.67 bits per heavy atom. The molecule has 0 unspecified atom stereocenters. The first-order chi connectivity index (χ1) is 4.43. The van der Waals surface area contributed by atoms with Crippen molar-refractivity contribution in [2.24, 2.45) is 0 Å². The Balaban J connectivity index is 2.78. The molecule has 1 aromatic rings. The number of carbonyl (C=O) groups is 1. The number of carbonyl (C=O) groups excluding carboxylic acids is 1. The standard InChI is InChI=1S/C6H3NOS/c8-3-1-2-6-4-9-5-7-6/h3-5H. The molecule has 0 saturated carbocycles. The highest BCUT2D eigenvalue weighted by atomic mass is 32.1. The minimum Gasteiger partial charge on any atom is -0.289 e. The zero-order valence-electron chi connectivity index (χ0n) is 4.50. The fourth-order valence-electron chi connectivity index (χ4n) is 0.378. The van der Waals surface area contributed by atoms with Crippen LogP contribution in [0.4, 0.5) is 0 Å². The molecule has 0 fully saturated rings. The fourth-order valence-corrected chi connectivity index (χ4v) is 0.862. The Morgan fingerprint density at radius 3 is 3.22 bits per heavy atom. The molecule has 0 aliphatic rings. The van der Waals surface area contributed by atoms with E-state index in [1.54, 1.807) is 10.9 Å². The van der Waals surface area contributed by atoms with Gasteiger partial charge in [-0.15, -0.1) is 11.3 Å². The summed E-state index contributed by atoms with van der Waals surface area (Å²) in [6.07, 6.45) is 0.555. The van der Waals surface area contributed by atoms with Crippen LogP contribution in [0.3, 0.4) is 0 Å². The average molecular weight is 137 g/mol. The Labute approximate surface area is 56.5 Å². The first-order valence-electron chi connectivity index (χ1n) is 2.27. The zero-order valence-corrected chi connectivity index (χ0v) is 5.31. The van der Waals surface area contributed by atoms with Gasteiger partial charge in [0.1, 0.15) is 5.69 Å². The van der Waals surface area contributed by atoms with Crippen LogP contribution in [0.2, 0.25) is 0 Å². The Bertz CT molecular complexity index is 242. The van der Waals surface area contributed by atoms with E-state index in [1.807, 2.05) is 0 Å². The molecule has 0 saturated heterocycles. The molecule has 0 aromatic carbocycles. The minimum atomic E-state index is 0.555. The maximum atomic E-state index is 9.70. The topological polar surface area (TPSA) is 30.0 Å². The molecule has 1 aromatic heterocycles. The van der Waals surface area contributed by atoms with Crippen LogP contribution in [-0.2, 0) is 4.79 Å². The first-order valence-corrected chi connectivity index (χ1v) is 3.21. The third-order valence-corrected chi connectivity index (χ3v) is 1.28. The highest BCUT2D eigenvalue weighted by Gasteiger charge is 1.82. The van der Waals surface area contributed by atoms with Crippen molar-refractivity contribution in [3.05, 3.63) is 16.6 Å². The summed E-state index contributed by atoms with van der Waals surface area (Å²) >= 11 is 1.46. The van der Waals surface area contributed by atoms with Crippen LogP contribution in [0.25, 0.3) is 0 Å². The average Bonchev–Trinajstić information content (AvgIpc) is 2.34. The van der Waals surface area contributed by atoms with Gasteiger partial charge < -0.3 is 0 Å². The van der Waals surface area contributed by atoms with Gasteiger partial charge in [-0.05, 0) is 11.8 Å². The third-order valence-electron chi connectivity index (χ3n) is 0.691. The van der Waals surface area contributed by atoms with E-state index in [4.69, 9.17) is 0 Å². The van der Waals surface area contributed by atoms with E-state index in [-0.39, 0.29) is 0 Å². The summed E-state index contributed by atoms with van der Waals surface area (Å²) in [6, 6.07) is 0. The van der Waals surface area contributed by atoms with Crippen molar-refractivity contribution in [3.8, 4) is 11.8 Å². The predicted octanol–water partition coefficient (Wildman–Crippen LogP) is 0.694. The molecule has 2 nitrogen and oxygen atoms in total. The maximum absolute atomic E-state index is 9.70.